The van der Waals surface area contributed by atoms with Crippen molar-refractivity contribution in [2.24, 2.45) is 0 Å². The van der Waals surface area contributed by atoms with Crippen molar-refractivity contribution in [2.45, 2.75) is 70.6 Å². The van der Waals surface area contributed by atoms with Crippen LogP contribution in [0.2, 0.25) is 0 Å². The lowest BCUT2D eigenvalue weighted by molar-refractivity contribution is 0.333. The fourth-order valence-corrected chi connectivity index (χ4v) is 10.2. The van der Waals surface area contributed by atoms with Crippen molar-refractivity contribution in [1.29, 1.82) is 0 Å². The molecule has 2 aliphatic rings. The third-order valence-electron chi connectivity index (χ3n) is 13.3. The molecule has 1 heteroatoms. The topological polar surface area (TPSA) is 3.24 Å². The van der Waals surface area contributed by atoms with Crippen molar-refractivity contribution in [1.82, 2.24) is 0 Å². The zero-order chi connectivity index (χ0) is 38.4. The molecule has 0 spiro atoms. The molecule has 0 atom stereocenters. The van der Waals surface area contributed by atoms with Gasteiger partial charge in [0.2, 0.25) is 0 Å². The molecule has 1 nitrogen and oxygen atoms in total. The molecule has 0 saturated carbocycles. The van der Waals surface area contributed by atoms with Gasteiger partial charge < -0.3 is 4.90 Å². The number of hydrogen-bond donors (Lipinski definition) is 0. The number of hydrogen-bond acceptors (Lipinski definition) is 1. The fraction of sp³-hybridized carbons (Fsp3) is 0.200. The van der Waals surface area contributed by atoms with Crippen LogP contribution in [0.25, 0.3) is 54.9 Å². The second-order valence-electron chi connectivity index (χ2n) is 18.0. The maximum Gasteiger partial charge on any atom is 0.0546 e. The Morgan fingerprint density at radius 1 is 0.393 bits per heavy atom. The van der Waals surface area contributed by atoms with E-state index in [9.17, 15) is 0 Å². The van der Waals surface area contributed by atoms with Crippen LogP contribution in [0.1, 0.15) is 76.6 Å². The summed E-state index contributed by atoms with van der Waals surface area (Å²) in [6, 6.07) is 61.6. The molecule has 0 fully saturated rings. The molecular weight excluding hydrogens is 675 g/mol. The first kappa shape index (κ1) is 34.6. The van der Waals surface area contributed by atoms with Crippen LogP contribution in [0.4, 0.5) is 17.1 Å². The van der Waals surface area contributed by atoms with E-state index in [4.69, 9.17) is 0 Å². The van der Waals surface area contributed by atoms with Crippen LogP contribution in [-0.4, -0.2) is 0 Å². The molecule has 0 amide bonds. The molecule has 8 aromatic carbocycles. The summed E-state index contributed by atoms with van der Waals surface area (Å²) < 4.78 is 0. The van der Waals surface area contributed by atoms with E-state index in [-0.39, 0.29) is 16.2 Å². The van der Waals surface area contributed by atoms with Crippen LogP contribution < -0.4 is 4.90 Å². The first-order chi connectivity index (χ1) is 27.0. The van der Waals surface area contributed by atoms with E-state index in [2.05, 4.69) is 210 Å². The highest BCUT2D eigenvalue weighted by Gasteiger charge is 2.41. The van der Waals surface area contributed by atoms with Gasteiger partial charge in [-0.25, -0.2) is 0 Å². The van der Waals surface area contributed by atoms with Crippen molar-refractivity contribution in [3.8, 4) is 33.4 Å². The van der Waals surface area contributed by atoms with E-state index in [1.807, 2.05) is 0 Å². The first-order valence-corrected chi connectivity index (χ1v) is 20.3. The van der Waals surface area contributed by atoms with Crippen molar-refractivity contribution in [2.75, 3.05) is 4.90 Å². The van der Waals surface area contributed by atoms with Crippen molar-refractivity contribution in [3.63, 3.8) is 0 Å². The SMILES string of the molecule is CC1(C)CCC(C)(C)c2c(-c3cc4c(cc3N(c3ccc(-c5ccccc5)cc3)c3cc5ccccc5c5ccccc35)C(C)(C)c3ccccc3-4)cccc21. The minimum Gasteiger partial charge on any atom is -0.309 e. The summed E-state index contributed by atoms with van der Waals surface area (Å²) in [4.78, 5) is 2.58. The van der Waals surface area contributed by atoms with Gasteiger partial charge in [-0.3, -0.25) is 0 Å². The van der Waals surface area contributed by atoms with E-state index >= 15 is 0 Å². The summed E-state index contributed by atoms with van der Waals surface area (Å²) in [5, 5.41) is 5.02. The molecule has 0 unspecified atom stereocenters. The van der Waals surface area contributed by atoms with E-state index < -0.39 is 0 Å². The average molecular weight is 724 g/mol. The minimum absolute atomic E-state index is 0.0206. The van der Waals surface area contributed by atoms with E-state index in [1.165, 1.54) is 95.0 Å². The summed E-state index contributed by atoms with van der Waals surface area (Å²) in [6.45, 7) is 14.6. The van der Waals surface area contributed by atoms with Crippen molar-refractivity contribution < 1.29 is 0 Å². The number of rotatable bonds is 5. The highest BCUT2D eigenvalue weighted by molar-refractivity contribution is 6.15. The number of anilines is 3. The summed E-state index contributed by atoms with van der Waals surface area (Å²) in [5.41, 5.74) is 17.0. The van der Waals surface area contributed by atoms with Crippen LogP contribution in [0.5, 0.6) is 0 Å². The predicted octanol–water partition coefficient (Wildman–Crippen LogP) is 15.5. The van der Waals surface area contributed by atoms with Crippen molar-refractivity contribution >= 4 is 38.6 Å². The predicted molar refractivity (Wildman–Crippen MR) is 240 cm³/mol. The lowest BCUT2D eigenvalue weighted by Crippen LogP contribution is -2.34. The monoisotopic (exact) mass is 723 g/mol. The Morgan fingerprint density at radius 3 is 1.79 bits per heavy atom. The second-order valence-corrected chi connectivity index (χ2v) is 18.0. The summed E-state index contributed by atoms with van der Waals surface area (Å²) in [7, 11) is 0. The second kappa shape index (κ2) is 12.6. The lowest BCUT2D eigenvalue weighted by Gasteiger charge is -2.43. The van der Waals surface area contributed by atoms with E-state index in [1.54, 1.807) is 0 Å². The Kier molecular flexibility index (Phi) is 7.75. The van der Waals surface area contributed by atoms with Gasteiger partial charge in [-0.05, 0) is 120 Å². The summed E-state index contributed by atoms with van der Waals surface area (Å²) in [5.74, 6) is 0. The molecule has 0 heterocycles. The standard InChI is InChI=1S/C55H49N/c1-53(2)31-32-54(3,4)52-44(24-16-26-48(52)53)46-34-45-42-22-14-15-25-47(42)55(5,6)49(45)35-51(46)56(39-29-27-37(28-30-39)36-17-8-7-9-18-36)50-33-38-19-10-11-20-40(38)41-21-12-13-23-43(41)50/h7-30,33-35H,31-32H2,1-6H3. The fourth-order valence-electron chi connectivity index (χ4n) is 10.2. The van der Waals surface area contributed by atoms with Crippen LogP contribution in [0, 0.1) is 0 Å². The van der Waals surface area contributed by atoms with Gasteiger partial charge in [0.05, 0.1) is 11.4 Å². The third kappa shape index (κ3) is 5.28. The van der Waals surface area contributed by atoms with Crippen LogP contribution in [0.3, 0.4) is 0 Å². The van der Waals surface area contributed by atoms with E-state index in [0.717, 1.165) is 12.1 Å². The molecule has 2 aliphatic carbocycles. The highest BCUT2D eigenvalue weighted by atomic mass is 15.1. The Bertz CT molecular complexity index is 2820. The van der Waals surface area contributed by atoms with Crippen LogP contribution in [-0.2, 0) is 16.2 Å². The molecule has 56 heavy (non-hydrogen) atoms. The number of fused-ring (bicyclic) bond motifs is 7. The van der Waals surface area contributed by atoms with Gasteiger partial charge in [0.25, 0.3) is 0 Å². The molecule has 0 aliphatic heterocycles. The van der Waals surface area contributed by atoms with Crippen LogP contribution >= 0.6 is 0 Å². The maximum absolute atomic E-state index is 2.58. The van der Waals surface area contributed by atoms with Crippen LogP contribution in [0.15, 0.2) is 164 Å². The summed E-state index contributed by atoms with van der Waals surface area (Å²) in [6.07, 6.45) is 2.33. The van der Waals surface area contributed by atoms with Gasteiger partial charge in [-0.1, -0.05) is 175 Å². The lowest BCUT2D eigenvalue weighted by atomic mass is 9.61. The largest absolute Gasteiger partial charge is 0.309 e. The third-order valence-corrected chi connectivity index (χ3v) is 13.3. The molecule has 8 aromatic rings. The molecule has 0 N–H and O–H groups in total. The number of benzene rings is 8. The Morgan fingerprint density at radius 2 is 1.00 bits per heavy atom. The Balaban J connectivity index is 1.34. The Hall–Kier alpha value is -5.92. The van der Waals surface area contributed by atoms with Gasteiger partial charge in [0.1, 0.15) is 0 Å². The molecule has 0 saturated heterocycles. The molecule has 0 bridgehead atoms. The normalized spacial score (nSPS) is 16.0. The van der Waals surface area contributed by atoms with Gasteiger partial charge in [0.15, 0.2) is 0 Å². The Labute approximate surface area is 332 Å². The number of nitrogens with zero attached hydrogens (tertiary/aromatic N) is 1. The zero-order valence-corrected chi connectivity index (χ0v) is 33.4. The average Bonchev–Trinajstić information content (AvgIpc) is 3.45. The maximum atomic E-state index is 2.58. The van der Waals surface area contributed by atoms with Crippen molar-refractivity contribution in [3.05, 3.63) is 186 Å². The first-order valence-electron chi connectivity index (χ1n) is 20.3. The molecule has 10 rings (SSSR count). The van der Waals surface area contributed by atoms with Gasteiger partial charge in [0, 0.05) is 22.1 Å². The molecule has 0 radical (unpaired) electrons. The minimum atomic E-state index is -0.162. The smallest absolute Gasteiger partial charge is 0.0546 e. The van der Waals surface area contributed by atoms with E-state index in [0.29, 0.717) is 0 Å². The molecule has 274 valence electrons. The molecule has 0 aromatic heterocycles. The quantitative estimate of drug-likeness (QED) is 0.160. The summed E-state index contributed by atoms with van der Waals surface area (Å²) >= 11 is 0. The molecular formula is C55H49N. The zero-order valence-electron chi connectivity index (χ0n) is 33.4. The van der Waals surface area contributed by atoms with Gasteiger partial charge >= 0.3 is 0 Å². The van der Waals surface area contributed by atoms with Gasteiger partial charge in [-0.15, -0.1) is 0 Å². The van der Waals surface area contributed by atoms with Gasteiger partial charge in [-0.2, -0.15) is 0 Å². The highest BCUT2D eigenvalue weighted by Crippen LogP contribution is 2.57.